The summed E-state index contributed by atoms with van der Waals surface area (Å²) in [4.78, 5) is 36.6. The first-order valence-corrected chi connectivity index (χ1v) is 9.02. The lowest BCUT2D eigenvalue weighted by Gasteiger charge is -2.44. The zero-order chi connectivity index (χ0) is 18.3. The minimum absolute atomic E-state index is 0.0177. The van der Waals surface area contributed by atoms with Crippen LogP contribution in [0, 0.1) is 5.92 Å². The van der Waals surface area contributed by atoms with Crippen molar-refractivity contribution in [1.29, 1.82) is 0 Å². The summed E-state index contributed by atoms with van der Waals surface area (Å²) in [5, 5.41) is 22.7. The van der Waals surface area contributed by atoms with E-state index in [-0.39, 0.29) is 28.9 Å². The third kappa shape index (κ3) is 3.31. The van der Waals surface area contributed by atoms with E-state index in [9.17, 15) is 24.6 Å². The molecule has 0 aromatic rings. The van der Waals surface area contributed by atoms with Crippen molar-refractivity contribution >= 4 is 29.5 Å². The summed E-state index contributed by atoms with van der Waals surface area (Å²) in [5.74, 6) is -2.46. The number of hydrogen-bond donors (Lipinski definition) is 4. The van der Waals surface area contributed by atoms with Crippen LogP contribution in [0.4, 0.5) is 0 Å². The van der Waals surface area contributed by atoms with Crippen LogP contribution in [0.2, 0.25) is 0 Å². The first-order chi connectivity index (χ1) is 11.8. The Hall–Kier alpha value is -1.84. The number of aliphatic hydroxyl groups excluding tert-OH is 1. The van der Waals surface area contributed by atoms with Crippen LogP contribution in [0.25, 0.3) is 0 Å². The average molecular weight is 367 g/mol. The summed E-state index contributed by atoms with van der Waals surface area (Å²) >= 11 is 1.46. The SMILES string of the molecule is C[C@@H](O)[C@H]1C(=O)N2C(C(=O)O)=C(S[C@@H]3CN[C@H](/C=C/C(N)=O)C3)C[C@H]12. The fraction of sp³-hybridized carbons (Fsp3) is 0.562. The lowest BCUT2D eigenvalue weighted by atomic mass is 9.83. The molecule has 2 fully saturated rings. The number of carbonyl (C=O) groups is 3. The molecule has 3 aliphatic heterocycles. The Bertz CT molecular complexity index is 675. The molecule has 3 rings (SSSR count). The Labute approximate surface area is 149 Å². The smallest absolute Gasteiger partial charge is 0.353 e. The predicted octanol–water partition coefficient (Wildman–Crippen LogP) is -0.601. The van der Waals surface area contributed by atoms with E-state index in [2.05, 4.69) is 5.32 Å². The third-order valence-corrected chi connectivity index (χ3v) is 6.15. The number of hydrogen-bond acceptors (Lipinski definition) is 6. The zero-order valence-electron chi connectivity index (χ0n) is 13.7. The van der Waals surface area contributed by atoms with Crippen molar-refractivity contribution < 1.29 is 24.6 Å². The van der Waals surface area contributed by atoms with E-state index in [1.165, 1.54) is 22.7 Å². The van der Waals surface area contributed by atoms with Gasteiger partial charge in [0.1, 0.15) is 5.70 Å². The van der Waals surface area contributed by atoms with Gasteiger partial charge in [0.05, 0.1) is 18.1 Å². The maximum Gasteiger partial charge on any atom is 0.353 e. The molecule has 0 aromatic heterocycles. The Morgan fingerprint density at radius 2 is 2.20 bits per heavy atom. The van der Waals surface area contributed by atoms with Crippen LogP contribution < -0.4 is 11.1 Å². The van der Waals surface area contributed by atoms with Crippen molar-refractivity contribution in [3.05, 3.63) is 22.8 Å². The van der Waals surface area contributed by atoms with Gasteiger partial charge in [0.2, 0.25) is 11.8 Å². The molecule has 5 atom stereocenters. The number of aliphatic carboxylic acids is 1. The van der Waals surface area contributed by atoms with Crippen LogP contribution in [-0.2, 0) is 14.4 Å². The largest absolute Gasteiger partial charge is 0.477 e. The highest BCUT2D eigenvalue weighted by Crippen LogP contribution is 2.48. The topological polar surface area (TPSA) is 133 Å². The van der Waals surface area contributed by atoms with E-state index in [4.69, 9.17) is 5.73 Å². The molecule has 3 heterocycles. The lowest BCUT2D eigenvalue weighted by Crippen LogP contribution is -2.61. The summed E-state index contributed by atoms with van der Waals surface area (Å²) in [6.07, 6.45) is 3.45. The molecule has 0 aliphatic carbocycles. The van der Waals surface area contributed by atoms with Gasteiger partial charge in [0.15, 0.2) is 0 Å². The maximum atomic E-state index is 12.2. The van der Waals surface area contributed by atoms with Gasteiger partial charge in [-0.15, -0.1) is 11.8 Å². The second kappa shape index (κ2) is 6.81. The molecule has 0 unspecified atom stereocenters. The molecule has 0 saturated carbocycles. The van der Waals surface area contributed by atoms with Crippen LogP contribution >= 0.6 is 11.8 Å². The standard InChI is InChI=1S/C16H21N3O5S/c1-7(20)13-10-5-11(14(16(23)24)19(10)15(13)22)25-9-4-8(18-6-9)2-3-12(17)21/h2-3,7-10,13,18,20H,4-6H2,1H3,(H2,17,21)(H,23,24)/b3-2+/t7-,8-,9+,10-,13-/m1/s1. The van der Waals surface area contributed by atoms with E-state index in [0.717, 1.165) is 6.42 Å². The molecule has 3 aliphatic rings. The van der Waals surface area contributed by atoms with Gasteiger partial charge in [0.25, 0.3) is 0 Å². The van der Waals surface area contributed by atoms with Gasteiger partial charge in [-0.2, -0.15) is 0 Å². The van der Waals surface area contributed by atoms with Crippen LogP contribution in [0.1, 0.15) is 19.8 Å². The number of primary amides is 1. The predicted molar refractivity (Wildman–Crippen MR) is 91.2 cm³/mol. The van der Waals surface area contributed by atoms with Crippen LogP contribution in [0.3, 0.4) is 0 Å². The number of nitrogens with zero attached hydrogens (tertiary/aromatic N) is 1. The molecule has 136 valence electrons. The summed E-state index contributed by atoms with van der Waals surface area (Å²) in [6.45, 7) is 2.23. The summed E-state index contributed by atoms with van der Waals surface area (Å²) in [6, 6.07) is -0.245. The molecule has 0 aromatic carbocycles. The molecule has 0 bridgehead atoms. The fourth-order valence-electron chi connectivity index (χ4n) is 3.72. The molecule has 25 heavy (non-hydrogen) atoms. The van der Waals surface area contributed by atoms with E-state index in [1.54, 1.807) is 13.0 Å². The van der Waals surface area contributed by atoms with Crippen molar-refractivity contribution in [2.24, 2.45) is 11.7 Å². The van der Waals surface area contributed by atoms with Gasteiger partial charge in [-0.1, -0.05) is 6.08 Å². The maximum absolute atomic E-state index is 12.2. The number of rotatable bonds is 6. The highest BCUT2D eigenvalue weighted by Gasteiger charge is 2.57. The summed E-state index contributed by atoms with van der Waals surface area (Å²) in [5.41, 5.74) is 5.14. The number of aliphatic hydroxyl groups is 1. The summed E-state index contributed by atoms with van der Waals surface area (Å²) in [7, 11) is 0. The molecule has 2 amide bonds. The number of nitrogens with one attached hydrogen (secondary N) is 1. The molecule has 5 N–H and O–H groups in total. The number of thioether (sulfide) groups is 1. The van der Waals surface area contributed by atoms with Gasteiger partial charge < -0.3 is 26.2 Å². The van der Waals surface area contributed by atoms with Crippen molar-refractivity contribution in [2.75, 3.05) is 6.54 Å². The second-order valence-electron chi connectivity index (χ2n) is 6.57. The monoisotopic (exact) mass is 367 g/mol. The third-order valence-electron chi connectivity index (χ3n) is 4.82. The number of carbonyl (C=O) groups excluding carboxylic acids is 2. The van der Waals surface area contributed by atoms with Gasteiger partial charge in [-0.05, 0) is 13.3 Å². The minimum atomic E-state index is -1.11. The van der Waals surface area contributed by atoms with E-state index in [1.807, 2.05) is 0 Å². The quantitative estimate of drug-likeness (QED) is 0.364. The molecular weight excluding hydrogens is 346 g/mol. The Morgan fingerprint density at radius 1 is 1.48 bits per heavy atom. The fourth-order valence-corrected chi connectivity index (χ4v) is 5.17. The van der Waals surface area contributed by atoms with Crippen LogP contribution in [0.15, 0.2) is 22.8 Å². The second-order valence-corrected chi connectivity index (χ2v) is 7.97. The van der Waals surface area contributed by atoms with Crippen molar-refractivity contribution in [3.63, 3.8) is 0 Å². The number of carboxylic acids is 1. The molecular formula is C16H21N3O5S. The van der Waals surface area contributed by atoms with Gasteiger partial charge in [-0.3, -0.25) is 9.59 Å². The van der Waals surface area contributed by atoms with Crippen LogP contribution in [0.5, 0.6) is 0 Å². The number of β-lactam (4-membered cyclic amide) rings is 1. The number of amides is 2. The van der Waals surface area contributed by atoms with Crippen molar-refractivity contribution in [1.82, 2.24) is 10.2 Å². The van der Waals surface area contributed by atoms with E-state index in [0.29, 0.717) is 17.9 Å². The molecule has 9 heteroatoms. The first kappa shape index (κ1) is 18.0. The Kier molecular flexibility index (Phi) is 4.90. The average Bonchev–Trinajstić information content (AvgIpc) is 3.08. The first-order valence-electron chi connectivity index (χ1n) is 8.14. The Balaban J connectivity index is 1.69. The minimum Gasteiger partial charge on any atom is -0.477 e. The van der Waals surface area contributed by atoms with Crippen LogP contribution in [-0.4, -0.2) is 62.9 Å². The molecule has 0 spiro atoms. The molecule has 8 nitrogen and oxygen atoms in total. The van der Waals surface area contributed by atoms with E-state index < -0.39 is 23.9 Å². The normalized spacial score (nSPS) is 32.9. The van der Waals surface area contributed by atoms with Crippen molar-refractivity contribution in [3.8, 4) is 0 Å². The van der Waals surface area contributed by atoms with Gasteiger partial charge in [0, 0.05) is 35.2 Å². The number of carboxylic acid groups (broad SMARTS) is 1. The van der Waals surface area contributed by atoms with Gasteiger partial charge in [-0.25, -0.2) is 4.79 Å². The Morgan fingerprint density at radius 3 is 2.80 bits per heavy atom. The molecule has 2 saturated heterocycles. The zero-order valence-corrected chi connectivity index (χ0v) is 14.5. The highest BCUT2D eigenvalue weighted by atomic mass is 32.2. The lowest BCUT2D eigenvalue weighted by molar-refractivity contribution is -0.161. The number of fused-ring (bicyclic) bond motifs is 1. The van der Waals surface area contributed by atoms with E-state index >= 15 is 0 Å². The van der Waals surface area contributed by atoms with Crippen molar-refractivity contribution in [2.45, 2.75) is 43.2 Å². The highest BCUT2D eigenvalue weighted by molar-refractivity contribution is 8.03. The number of nitrogens with two attached hydrogens (primary N) is 1. The molecule has 0 radical (unpaired) electrons. The van der Waals surface area contributed by atoms with Gasteiger partial charge >= 0.3 is 5.97 Å². The summed E-state index contributed by atoms with van der Waals surface area (Å²) < 4.78 is 0.